The molecule has 6 nitrogen and oxygen atoms in total. The summed E-state index contributed by atoms with van der Waals surface area (Å²) in [4.78, 5) is 4.34. The Morgan fingerprint density at radius 1 is 1.40 bits per heavy atom. The number of hydrogen-bond donors (Lipinski definition) is 3. The highest BCUT2D eigenvalue weighted by Gasteiger charge is 2.32. The summed E-state index contributed by atoms with van der Waals surface area (Å²) in [5, 5.41) is 27.9. The quantitative estimate of drug-likeness (QED) is 0.414. The van der Waals surface area contributed by atoms with Crippen LogP contribution in [0.5, 0.6) is 5.75 Å². The Kier molecular flexibility index (Phi) is 8.63. The maximum absolute atomic E-state index is 12.3. The molecule has 30 heavy (non-hydrogen) atoms. The highest BCUT2D eigenvalue weighted by Crippen LogP contribution is 2.40. The number of benzene rings is 1. The lowest BCUT2D eigenvalue weighted by atomic mass is 9.72. The number of aromatic hydroxyl groups is 1. The van der Waals surface area contributed by atoms with Gasteiger partial charge in [-0.25, -0.2) is 9.38 Å². The highest BCUT2D eigenvalue weighted by atomic mass is 35.5. The van der Waals surface area contributed by atoms with Gasteiger partial charge in [0.25, 0.3) is 0 Å². The van der Waals surface area contributed by atoms with Gasteiger partial charge in [0.2, 0.25) is 0 Å². The number of rotatable bonds is 5. The maximum atomic E-state index is 12.3. The molecule has 0 amide bonds. The van der Waals surface area contributed by atoms with E-state index in [-0.39, 0.29) is 10.4 Å². The van der Waals surface area contributed by atoms with Crippen molar-refractivity contribution in [2.24, 2.45) is 10.4 Å². The van der Waals surface area contributed by atoms with Crippen LogP contribution in [-0.2, 0) is 0 Å². The Morgan fingerprint density at radius 2 is 2.13 bits per heavy atom. The van der Waals surface area contributed by atoms with Crippen LogP contribution in [-0.4, -0.2) is 21.1 Å². The third kappa shape index (κ3) is 6.75. The van der Waals surface area contributed by atoms with Crippen molar-refractivity contribution in [2.45, 2.75) is 38.5 Å². The van der Waals surface area contributed by atoms with E-state index in [2.05, 4.69) is 39.7 Å². The SMILES string of the molecule is C=C/C(=N/c1ccn[nH]1)NC(=C)CC1(C#N)CCCCC1.Oc1cccc(Cl)c1F. The van der Waals surface area contributed by atoms with Gasteiger partial charge in [0.05, 0.1) is 22.7 Å². The molecular formula is C22H25ClFN5O. The first-order valence-electron chi connectivity index (χ1n) is 9.58. The molecule has 1 heterocycles. The van der Waals surface area contributed by atoms with Crippen molar-refractivity contribution in [1.82, 2.24) is 15.5 Å². The molecule has 3 rings (SSSR count). The minimum absolute atomic E-state index is 0.0602. The van der Waals surface area contributed by atoms with Crippen molar-refractivity contribution in [3.63, 3.8) is 0 Å². The van der Waals surface area contributed by atoms with E-state index in [0.29, 0.717) is 18.1 Å². The Morgan fingerprint density at radius 3 is 2.67 bits per heavy atom. The molecule has 1 fully saturated rings. The summed E-state index contributed by atoms with van der Waals surface area (Å²) in [5.41, 5.74) is 0.527. The Bertz CT molecular complexity index is 907. The second-order valence-electron chi connectivity index (χ2n) is 7.07. The van der Waals surface area contributed by atoms with Gasteiger partial charge >= 0.3 is 0 Å². The summed E-state index contributed by atoms with van der Waals surface area (Å²) in [6, 6.07) is 8.35. The number of allylic oxidation sites excluding steroid dienone is 1. The van der Waals surface area contributed by atoms with Gasteiger partial charge in [-0.15, -0.1) is 0 Å². The third-order valence-corrected chi connectivity index (χ3v) is 5.05. The fraction of sp³-hybridized carbons (Fsp3) is 0.318. The van der Waals surface area contributed by atoms with Gasteiger partial charge in [0, 0.05) is 18.2 Å². The Labute approximate surface area is 180 Å². The van der Waals surface area contributed by atoms with Gasteiger partial charge in [-0.1, -0.05) is 50.1 Å². The third-order valence-electron chi connectivity index (χ3n) is 4.76. The first-order chi connectivity index (χ1) is 14.4. The number of aliphatic imine (C=N–C) groups is 1. The lowest BCUT2D eigenvalue weighted by molar-refractivity contribution is 0.263. The molecule has 8 heteroatoms. The van der Waals surface area contributed by atoms with Crippen LogP contribution < -0.4 is 5.32 Å². The molecule has 0 bridgehead atoms. The van der Waals surface area contributed by atoms with E-state index in [4.69, 9.17) is 16.7 Å². The normalized spacial score (nSPS) is 15.3. The number of amidine groups is 1. The van der Waals surface area contributed by atoms with Gasteiger partial charge in [0.1, 0.15) is 11.7 Å². The standard InChI is InChI=1S/C16H21N5.C6H4ClFO/c1-3-14(20-15-7-10-18-21-15)19-13(2)11-16(12-17)8-5-4-6-9-16;7-4-2-1-3-5(9)6(4)8/h3,7,10H,1-2,4-6,8-9,11H2,(H2,18,19,20,21);1-3,9H. The van der Waals surface area contributed by atoms with Crippen molar-refractivity contribution in [1.29, 1.82) is 5.26 Å². The van der Waals surface area contributed by atoms with E-state index in [1.807, 2.05) is 0 Å². The van der Waals surface area contributed by atoms with Gasteiger partial charge < -0.3 is 10.4 Å². The molecule has 0 saturated heterocycles. The topological polar surface area (TPSA) is 97.1 Å². The van der Waals surface area contributed by atoms with Crippen LogP contribution in [0.3, 0.4) is 0 Å². The second kappa shape index (κ2) is 11.2. The zero-order chi connectivity index (χ0) is 22.0. The summed E-state index contributed by atoms with van der Waals surface area (Å²) in [6.07, 6.45) is 9.29. The molecule has 1 aromatic heterocycles. The van der Waals surface area contributed by atoms with Crippen molar-refractivity contribution >= 4 is 23.3 Å². The summed E-state index contributed by atoms with van der Waals surface area (Å²) in [6.45, 7) is 7.79. The van der Waals surface area contributed by atoms with E-state index in [1.54, 1.807) is 18.3 Å². The van der Waals surface area contributed by atoms with Gasteiger partial charge in [-0.05, 0) is 31.1 Å². The average Bonchev–Trinajstić information content (AvgIpc) is 3.25. The van der Waals surface area contributed by atoms with Gasteiger partial charge in [-0.3, -0.25) is 5.10 Å². The largest absolute Gasteiger partial charge is 0.505 e. The van der Waals surface area contributed by atoms with E-state index in [9.17, 15) is 9.65 Å². The number of phenolic OH excluding ortho intramolecular Hbond substituents is 1. The number of H-pyrrole nitrogens is 1. The highest BCUT2D eigenvalue weighted by molar-refractivity contribution is 6.30. The number of nitriles is 1. The van der Waals surface area contributed by atoms with Crippen LogP contribution in [0.4, 0.5) is 10.2 Å². The molecule has 1 saturated carbocycles. The second-order valence-corrected chi connectivity index (χ2v) is 7.48. The van der Waals surface area contributed by atoms with Crippen molar-refractivity contribution < 1.29 is 9.50 Å². The minimum atomic E-state index is -0.765. The van der Waals surface area contributed by atoms with Crippen LogP contribution in [0.1, 0.15) is 38.5 Å². The number of halogens is 2. The number of aromatic nitrogens is 2. The molecule has 158 valence electrons. The van der Waals surface area contributed by atoms with Crippen LogP contribution in [0.15, 0.2) is 60.4 Å². The zero-order valence-electron chi connectivity index (χ0n) is 16.7. The Balaban J connectivity index is 0.000000297. The van der Waals surface area contributed by atoms with E-state index in [1.165, 1.54) is 24.6 Å². The molecule has 3 N–H and O–H groups in total. The summed E-state index contributed by atoms with van der Waals surface area (Å²) in [7, 11) is 0. The fourth-order valence-electron chi connectivity index (χ4n) is 3.25. The number of nitrogens with one attached hydrogen (secondary N) is 2. The molecule has 2 aromatic rings. The van der Waals surface area contributed by atoms with Crippen molar-refractivity contribution in [3.05, 3.63) is 66.2 Å². The van der Waals surface area contributed by atoms with Crippen molar-refractivity contribution in [2.75, 3.05) is 0 Å². The molecule has 0 spiro atoms. The number of aromatic amines is 1. The van der Waals surface area contributed by atoms with E-state index >= 15 is 0 Å². The molecule has 0 radical (unpaired) electrons. The molecular weight excluding hydrogens is 405 g/mol. The first kappa shape index (κ1) is 23.2. The zero-order valence-corrected chi connectivity index (χ0v) is 17.4. The molecule has 1 aromatic carbocycles. The summed E-state index contributed by atoms with van der Waals surface area (Å²) < 4.78 is 12.3. The first-order valence-corrected chi connectivity index (χ1v) is 9.96. The van der Waals surface area contributed by atoms with E-state index < -0.39 is 11.6 Å². The minimum Gasteiger partial charge on any atom is -0.505 e. The van der Waals surface area contributed by atoms with E-state index in [0.717, 1.165) is 31.4 Å². The monoisotopic (exact) mass is 429 g/mol. The molecule has 0 atom stereocenters. The van der Waals surface area contributed by atoms with Crippen LogP contribution in [0.25, 0.3) is 0 Å². The number of nitrogens with zero attached hydrogens (tertiary/aromatic N) is 3. The number of phenols is 1. The molecule has 1 aliphatic carbocycles. The predicted octanol–water partition coefficient (Wildman–Crippen LogP) is 5.78. The maximum Gasteiger partial charge on any atom is 0.183 e. The summed E-state index contributed by atoms with van der Waals surface area (Å²) in [5.74, 6) is 0.0766. The lowest BCUT2D eigenvalue weighted by Crippen LogP contribution is -2.28. The lowest BCUT2D eigenvalue weighted by Gasteiger charge is -2.31. The smallest absolute Gasteiger partial charge is 0.183 e. The average molecular weight is 430 g/mol. The number of hydrogen-bond acceptors (Lipinski definition) is 4. The predicted molar refractivity (Wildman–Crippen MR) is 117 cm³/mol. The van der Waals surface area contributed by atoms with Crippen LogP contribution in [0.2, 0.25) is 5.02 Å². The van der Waals surface area contributed by atoms with Crippen molar-refractivity contribution in [3.8, 4) is 11.8 Å². The van der Waals surface area contributed by atoms with Crippen LogP contribution >= 0.6 is 11.6 Å². The van der Waals surface area contributed by atoms with Gasteiger partial charge in [-0.2, -0.15) is 10.4 Å². The molecule has 1 aliphatic rings. The Hall–Kier alpha value is -3.11. The fourth-order valence-corrected chi connectivity index (χ4v) is 3.42. The summed E-state index contributed by atoms with van der Waals surface area (Å²) >= 11 is 5.28. The molecule has 0 unspecified atom stereocenters. The van der Waals surface area contributed by atoms with Crippen LogP contribution in [0, 0.1) is 22.6 Å². The van der Waals surface area contributed by atoms with Gasteiger partial charge in [0.15, 0.2) is 11.6 Å². The molecule has 0 aliphatic heterocycles.